The van der Waals surface area contributed by atoms with Crippen LogP contribution >= 0.6 is 22.9 Å². The third-order valence-electron chi connectivity index (χ3n) is 4.30. The van der Waals surface area contributed by atoms with Crippen LogP contribution in [0.15, 0.2) is 59.7 Å². The van der Waals surface area contributed by atoms with E-state index in [9.17, 15) is 9.90 Å². The summed E-state index contributed by atoms with van der Waals surface area (Å²) in [7, 11) is 0. The van der Waals surface area contributed by atoms with E-state index in [-0.39, 0.29) is 11.7 Å². The first kappa shape index (κ1) is 17.5. The number of hydrogen-bond acceptors (Lipinski definition) is 4. The monoisotopic (exact) mass is 394 g/mol. The van der Waals surface area contributed by atoms with E-state index in [1.54, 1.807) is 6.07 Å². The maximum atomic E-state index is 12.5. The molecule has 0 aliphatic carbocycles. The molecule has 134 valence electrons. The minimum Gasteiger partial charge on any atom is -0.507 e. The van der Waals surface area contributed by atoms with Crippen LogP contribution in [0.2, 0.25) is 5.02 Å². The predicted molar refractivity (Wildman–Crippen MR) is 112 cm³/mol. The van der Waals surface area contributed by atoms with Gasteiger partial charge in [-0.2, -0.15) is 5.10 Å². The summed E-state index contributed by atoms with van der Waals surface area (Å²) in [6.45, 7) is 1.99. The number of amides is 1. The second kappa shape index (κ2) is 7.02. The van der Waals surface area contributed by atoms with Gasteiger partial charge >= 0.3 is 0 Å². The lowest BCUT2D eigenvalue weighted by atomic mass is 10.0. The van der Waals surface area contributed by atoms with E-state index in [1.165, 1.54) is 17.6 Å². The van der Waals surface area contributed by atoms with Crippen LogP contribution < -0.4 is 5.43 Å². The highest BCUT2D eigenvalue weighted by molar-refractivity contribution is 7.21. The summed E-state index contributed by atoms with van der Waals surface area (Å²) in [6.07, 6.45) is 1.45. The van der Waals surface area contributed by atoms with Gasteiger partial charge in [0, 0.05) is 15.6 Å². The average Bonchev–Trinajstić information content (AvgIpc) is 2.99. The summed E-state index contributed by atoms with van der Waals surface area (Å²) in [5.74, 6) is -0.281. The molecule has 0 fully saturated rings. The van der Waals surface area contributed by atoms with Gasteiger partial charge in [0.1, 0.15) is 10.6 Å². The SMILES string of the molecule is Cc1ccc2c(Cl)c(C(=O)N/N=C\c3c(O)ccc4ccccc34)sc2c1. The van der Waals surface area contributed by atoms with Gasteiger partial charge < -0.3 is 5.11 Å². The molecular formula is C21H15ClN2O2S. The van der Waals surface area contributed by atoms with E-state index in [4.69, 9.17) is 11.6 Å². The van der Waals surface area contributed by atoms with Gasteiger partial charge in [0.25, 0.3) is 5.91 Å². The maximum absolute atomic E-state index is 12.5. The fraction of sp³-hybridized carbons (Fsp3) is 0.0476. The molecule has 0 aliphatic heterocycles. The Bertz CT molecular complexity index is 1210. The van der Waals surface area contributed by atoms with E-state index in [1.807, 2.05) is 55.5 Å². The molecule has 0 radical (unpaired) electrons. The van der Waals surface area contributed by atoms with Crippen molar-refractivity contribution in [1.82, 2.24) is 5.43 Å². The lowest BCUT2D eigenvalue weighted by molar-refractivity contribution is 0.0959. The Morgan fingerprint density at radius 1 is 1.15 bits per heavy atom. The number of aryl methyl sites for hydroxylation is 1. The average molecular weight is 395 g/mol. The van der Waals surface area contributed by atoms with Crippen LogP contribution in [-0.4, -0.2) is 17.2 Å². The van der Waals surface area contributed by atoms with E-state index in [0.29, 0.717) is 15.5 Å². The Hall–Kier alpha value is -2.89. The van der Waals surface area contributed by atoms with E-state index >= 15 is 0 Å². The Morgan fingerprint density at radius 2 is 1.96 bits per heavy atom. The van der Waals surface area contributed by atoms with Crippen molar-refractivity contribution in [2.45, 2.75) is 6.92 Å². The summed E-state index contributed by atoms with van der Waals surface area (Å²) in [4.78, 5) is 12.9. The first-order chi connectivity index (χ1) is 13.0. The van der Waals surface area contributed by atoms with Crippen molar-refractivity contribution in [2.75, 3.05) is 0 Å². The number of nitrogens with one attached hydrogen (secondary N) is 1. The van der Waals surface area contributed by atoms with Gasteiger partial charge in [-0.1, -0.05) is 54.1 Å². The fourth-order valence-corrected chi connectivity index (χ4v) is 4.45. The summed E-state index contributed by atoms with van der Waals surface area (Å²) in [5.41, 5.74) is 4.16. The fourth-order valence-electron chi connectivity index (χ4n) is 2.94. The number of hydrazone groups is 1. The number of benzene rings is 3. The molecule has 0 bridgehead atoms. The number of phenols is 1. The summed E-state index contributed by atoms with van der Waals surface area (Å²) >= 11 is 7.69. The molecule has 27 heavy (non-hydrogen) atoms. The van der Waals surface area contributed by atoms with Crippen molar-refractivity contribution in [2.24, 2.45) is 5.10 Å². The lowest BCUT2D eigenvalue weighted by Crippen LogP contribution is -2.16. The first-order valence-corrected chi connectivity index (χ1v) is 9.47. The van der Waals surface area contributed by atoms with Crippen molar-refractivity contribution in [3.63, 3.8) is 0 Å². The van der Waals surface area contributed by atoms with Crippen LogP contribution in [0, 0.1) is 6.92 Å². The molecule has 6 heteroatoms. The standard InChI is InChI=1S/C21H15ClN2O2S/c1-12-6-8-15-18(10-12)27-20(19(15)22)21(26)24-23-11-16-14-5-3-2-4-13(14)7-9-17(16)25/h2-11,25H,1H3,(H,24,26)/b23-11-. The lowest BCUT2D eigenvalue weighted by Gasteiger charge is -2.04. The molecule has 0 saturated carbocycles. The summed E-state index contributed by atoms with van der Waals surface area (Å²) in [6, 6.07) is 17.0. The minimum atomic E-state index is -0.380. The first-order valence-electron chi connectivity index (χ1n) is 8.27. The van der Waals surface area contributed by atoms with Crippen LogP contribution in [0.3, 0.4) is 0 Å². The smallest absolute Gasteiger partial charge is 0.283 e. The van der Waals surface area contributed by atoms with Crippen LogP contribution in [0.4, 0.5) is 0 Å². The van der Waals surface area contributed by atoms with Gasteiger partial charge in [0.05, 0.1) is 11.2 Å². The predicted octanol–water partition coefficient (Wildman–Crippen LogP) is 5.49. The topological polar surface area (TPSA) is 61.7 Å². The van der Waals surface area contributed by atoms with Crippen LogP contribution in [0.25, 0.3) is 20.9 Å². The Labute approximate surface area is 164 Å². The number of hydrogen-bond donors (Lipinski definition) is 2. The van der Waals surface area contributed by atoms with Crippen molar-refractivity contribution in [3.05, 3.63) is 75.6 Å². The van der Waals surface area contributed by atoms with Crippen LogP contribution in [0.1, 0.15) is 20.8 Å². The number of halogens is 1. The summed E-state index contributed by atoms with van der Waals surface area (Å²) in [5, 5.41) is 17.3. The zero-order valence-corrected chi connectivity index (χ0v) is 15.9. The number of carbonyl (C=O) groups is 1. The normalized spacial score (nSPS) is 11.5. The zero-order valence-electron chi connectivity index (χ0n) is 14.4. The second-order valence-electron chi connectivity index (χ2n) is 6.16. The molecule has 0 unspecified atom stereocenters. The van der Waals surface area contributed by atoms with Gasteiger partial charge in [-0.15, -0.1) is 11.3 Å². The molecule has 1 heterocycles. The number of nitrogens with zero attached hydrogens (tertiary/aromatic N) is 1. The number of thiophene rings is 1. The third-order valence-corrected chi connectivity index (χ3v) is 5.95. The van der Waals surface area contributed by atoms with Gasteiger partial charge in [0.15, 0.2) is 0 Å². The van der Waals surface area contributed by atoms with Crippen LogP contribution in [-0.2, 0) is 0 Å². The third kappa shape index (κ3) is 3.27. The second-order valence-corrected chi connectivity index (χ2v) is 7.59. The number of carbonyl (C=O) groups excluding carboxylic acids is 1. The highest BCUT2D eigenvalue weighted by Crippen LogP contribution is 2.35. The quantitative estimate of drug-likeness (QED) is 0.356. The van der Waals surface area contributed by atoms with Crippen LogP contribution in [0.5, 0.6) is 5.75 Å². The van der Waals surface area contributed by atoms with Gasteiger partial charge in [0.2, 0.25) is 0 Å². The molecular weight excluding hydrogens is 380 g/mol. The molecule has 4 aromatic rings. The highest BCUT2D eigenvalue weighted by Gasteiger charge is 2.16. The molecule has 3 aromatic carbocycles. The van der Waals surface area contributed by atoms with Gasteiger partial charge in [-0.3, -0.25) is 4.79 Å². The van der Waals surface area contributed by atoms with Crippen molar-refractivity contribution >= 4 is 55.9 Å². The minimum absolute atomic E-state index is 0.0991. The number of fused-ring (bicyclic) bond motifs is 2. The van der Waals surface area contributed by atoms with Crippen molar-refractivity contribution in [1.29, 1.82) is 0 Å². The number of phenolic OH excluding ortho intramolecular Hbond substituents is 1. The molecule has 1 aromatic heterocycles. The molecule has 0 atom stereocenters. The Kier molecular flexibility index (Phi) is 4.56. The molecule has 2 N–H and O–H groups in total. The van der Waals surface area contributed by atoms with E-state index in [2.05, 4.69) is 10.5 Å². The number of rotatable bonds is 3. The van der Waals surface area contributed by atoms with Gasteiger partial charge in [-0.05, 0) is 35.4 Å². The molecule has 1 amide bonds. The Balaban J connectivity index is 1.62. The molecule has 0 spiro atoms. The van der Waals surface area contributed by atoms with Crippen molar-refractivity contribution < 1.29 is 9.90 Å². The van der Waals surface area contributed by atoms with E-state index < -0.39 is 0 Å². The molecule has 4 nitrogen and oxygen atoms in total. The largest absolute Gasteiger partial charge is 0.507 e. The van der Waals surface area contributed by atoms with E-state index in [0.717, 1.165) is 26.4 Å². The van der Waals surface area contributed by atoms with Gasteiger partial charge in [-0.25, -0.2) is 5.43 Å². The summed E-state index contributed by atoms with van der Waals surface area (Å²) < 4.78 is 0.959. The maximum Gasteiger partial charge on any atom is 0.283 e. The molecule has 0 saturated heterocycles. The molecule has 4 rings (SSSR count). The Morgan fingerprint density at radius 3 is 2.81 bits per heavy atom. The highest BCUT2D eigenvalue weighted by atomic mass is 35.5. The zero-order chi connectivity index (χ0) is 19.0. The van der Waals surface area contributed by atoms with Crippen molar-refractivity contribution in [3.8, 4) is 5.75 Å². The number of aromatic hydroxyl groups is 1. The molecule has 0 aliphatic rings.